The van der Waals surface area contributed by atoms with Gasteiger partial charge in [0.05, 0.1) is 4.92 Å². The zero-order chi connectivity index (χ0) is 11.0. The molecule has 15 heavy (non-hydrogen) atoms. The molecule has 1 aromatic heterocycles. The van der Waals surface area contributed by atoms with Crippen molar-refractivity contribution in [2.75, 3.05) is 0 Å². The van der Waals surface area contributed by atoms with E-state index in [9.17, 15) is 18.9 Å². The molecular weight excluding hydrogens is 206 g/mol. The first-order chi connectivity index (χ1) is 7.11. The monoisotopic (exact) mass is 212 g/mol. The van der Waals surface area contributed by atoms with E-state index in [2.05, 4.69) is 4.98 Å². The van der Waals surface area contributed by atoms with Crippen molar-refractivity contribution in [2.45, 2.75) is 6.43 Å². The van der Waals surface area contributed by atoms with Crippen LogP contribution in [0.2, 0.25) is 0 Å². The average molecular weight is 212 g/mol. The minimum absolute atomic E-state index is 0.137. The van der Waals surface area contributed by atoms with Crippen LogP contribution in [0.4, 0.5) is 14.5 Å². The molecule has 0 atom stereocenters. The van der Waals surface area contributed by atoms with Gasteiger partial charge >= 0.3 is 0 Å². The number of non-ortho nitro benzene ring substituents is 1. The molecule has 0 amide bonds. The summed E-state index contributed by atoms with van der Waals surface area (Å²) in [6.07, 6.45) is -1.54. The van der Waals surface area contributed by atoms with Crippen molar-refractivity contribution in [3.05, 3.63) is 40.1 Å². The number of para-hydroxylation sites is 1. The molecule has 6 heteroatoms. The first-order valence-corrected chi connectivity index (χ1v) is 4.14. The summed E-state index contributed by atoms with van der Waals surface area (Å²) in [7, 11) is 0. The molecule has 1 aromatic carbocycles. The van der Waals surface area contributed by atoms with Crippen molar-refractivity contribution < 1.29 is 13.7 Å². The summed E-state index contributed by atoms with van der Waals surface area (Å²) in [5, 5.41) is 10.8. The lowest BCUT2D eigenvalue weighted by molar-refractivity contribution is -0.383. The van der Waals surface area contributed by atoms with Gasteiger partial charge in [-0.25, -0.2) is 8.78 Å². The molecule has 78 valence electrons. The molecule has 0 aliphatic heterocycles. The third-order valence-electron chi connectivity index (χ3n) is 2.16. The molecule has 2 rings (SSSR count). The van der Waals surface area contributed by atoms with Crippen molar-refractivity contribution in [3.63, 3.8) is 0 Å². The number of benzene rings is 1. The lowest BCUT2D eigenvalue weighted by atomic mass is 10.1. The molecule has 0 radical (unpaired) electrons. The predicted octanol–water partition coefficient (Wildman–Crippen LogP) is 3.01. The largest absolute Gasteiger partial charge is 0.355 e. The number of nitro benzene ring substituents is 1. The summed E-state index contributed by atoms with van der Waals surface area (Å²) in [5.74, 6) is 0. The topological polar surface area (TPSA) is 58.9 Å². The molecule has 4 nitrogen and oxygen atoms in total. The smallest absolute Gasteiger partial charge is 0.293 e. The number of aromatic amines is 1. The van der Waals surface area contributed by atoms with Crippen LogP contribution in [0.5, 0.6) is 0 Å². The zero-order valence-corrected chi connectivity index (χ0v) is 7.41. The lowest BCUT2D eigenvalue weighted by Gasteiger charge is -1.96. The van der Waals surface area contributed by atoms with Gasteiger partial charge in [-0.15, -0.1) is 0 Å². The van der Waals surface area contributed by atoms with Crippen LogP contribution in [0.15, 0.2) is 24.4 Å². The number of H-pyrrole nitrogens is 1. The highest BCUT2D eigenvalue weighted by Gasteiger charge is 2.18. The molecule has 0 unspecified atom stereocenters. The van der Waals surface area contributed by atoms with E-state index in [1.807, 2.05) is 0 Å². The Morgan fingerprint density at radius 2 is 2.13 bits per heavy atom. The van der Waals surface area contributed by atoms with Crippen molar-refractivity contribution in [1.82, 2.24) is 4.98 Å². The summed E-state index contributed by atoms with van der Waals surface area (Å²) < 4.78 is 24.9. The van der Waals surface area contributed by atoms with Gasteiger partial charge in [0.2, 0.25) is 0 Å². The van der Waals surface area contributed by atoms with E-state index in [0.29, 0.717) is 0 Å². The van der Waals surface area contributed by atoms with Crippen LogP contribution in [0, 0.1) is 10.1 Å². The molecule has 1 N–H and O–H groups in total. The van der Waals surface area contributed by atoms with Crippen LogP contribution in [0.25, 0.3) is 10.9 Å². The molecule has 0 aliphatic carbocycles. The van der Waals surface area contributed by atoms with Gasteiger partial charge in [-0.1, -0.05) is 12.1 Å². The Labute approximate surface area is 82.7 Å². The highest BCUT2D eigenvalue weighted by Crippen LogP contribution is 2.31. The van der Waals surface area contributed by atoms with Gasteiger partial charge < -0.3 is 4.98 Å². The van der Waals surface area contributed by atoms with E-state index in [1.165, 1.54) is 18.2 Å². The van der Waals surface area contributed by atoms with Crippen molar-refractivity contribution in [2.24, 2.45) is 0 Å². The van der Waals surface area contributed by atoms with Gasteiger partial charge in [0.1, 0.15) is 5.52 Å². The number of rotatable bonds is 2. The summed E-state index contributed by atoms with van der Waals surface area (Å²) in [6, 6.07) is 4.09. The summed E-state index contributed by atoms with van der Waals surface area (Å²) in [4.78, 5) is 12.5. The standard InChI is InChI=1S/C9H6F2N2O2/c10-9(11)6-4-12-8-5(6)2-1-3-7(8)13(14)15/h1-4,9,12H. The fourth-order valence-electron chi connectivity index (χ4n) is 1.49. The second kappa shape index (κ2) is 3.30. The minimum Gasteiger partial charge on any atom is -0.355 e. The molecule has 0 saturated heterocycles. The Morgan fingerprint density at radius 1 is 1.40 bits per heavy atom. The molecule has 0 aliphatic rings. The van der Waals surface area contributed by atoms with E-state index >= 15 is 0 Å². The number of nitrogens with one attached hydrogen (secondary N) is 1. The van der Waals surface area contributed by atoms with Crippen LogP contribution >= 0.6 is 0 Å². The molecule has 0 fully saturated rings. The Hall–Kier alpha value is -1.98. The summed E-state index contributed by atoms with van der Waals surface area (Å²) >= 11 is 0. The number of nitrogens with zero attached hydrogens (tertiary/aromatic N) is 1. The lowest BCUT2D eigenvalue weighted by Crippen LogP contribution is -1.88. The van der Waals surface area contributed by atoms with E-state index in [1.54, 1.807) is 0 Å². The first-order valence-electron chi connectivity index (χ1n) is 4.14. The minimum atomic E-state index is -2.64. The van der Waals surface area contributed by atoms with Crippen molar-refractivity contribution in [1.29, 1.82) is 0 Å². The van der Waals surface area contributed by atoms with E-state index < -0.39 is 11.3 Å². The fourth-order valence-corrected chi connectivity index (χ4v) is 1.49. The maximum Gasteiger partial charge on any atom is 0.293 e. The van der Waals surface area contributed by atoms with Gasteiger partial charge in [0.25, 0.3) is 12.1 Å². The van der Waals surface area contributed by atoms with Crippen LogP contribution in [-0.2, 0) is 0 Å². The number of hydrogen-bond donors (Lipinski definition) is 1. The van der Waals surface area contributed by atoms with E-state index in [-0.39, 0.29) is 22.2 Å². The van der Waals surface area contributed by atoms with Crippen molar-refractivity contribution >= 4 is 16.6 Å². The highest BCUT2D eigenvalue weighted by molar-refractivity contribution is 5.90. The van der Waals surface area contributed by atoms with E-state index in [4.69, 9.17) is 0 Å². The Morgan fingerprint density at radius 3 is 2.73 bits per heavy atom. The number of nitro groups is 1. The molecule has 0 spiro atoms. The number of aromatic nitrogens is 1. The van der Waals surface area contributed by atoms with Crippen LogP contribution in [0.3, 0.4) is 0 Å². The van der Waals surface area contributed by atoms with Gasteiger partial charge in [-0.05, 0) is 0 Å². The average Bonchev–Trinajstić information content (AvgIpc) is 2.59. The maximum atomic E-state index is 12.5. The molecule has 2 aromatic rings. The van der Waals surface area contributed by atoms with Crippen molar-refractivity contribution in [3.8, 4) is 0 Å². The van der Waals surface area contributed by atoms with Gasteiger partial charge in [0, 0.05) is 23.2 Å². The first kappa shape index (κ1) is 9.57. The fraction of sp³-hybridized carbons (Fsp3) is 0.111. The highest BCUT2D eigenvalue weighted by atomic mass is 19.3. The normalized spacial score (nSPS) is 11.1. The van der Waals surface area contributed by atoms with E-state index in [0.717, 1.165) is 6.20 Å². The SMILES string of the molecule is O=[N+]([O-])c1cccc2c(C(F)F)c[nH]c12. The molecule has 0 saturated carbocycles. The third-order valence-corrected chi connectivity index (χ3v) is 2.16. The van der Waals surface area contributed by atoms with Crippen LogP contribution in [-0.4, -0.2) is 9.91 Å². The second-order valence-corrected chi connectivity index (χ2v) is 3.00. The molecular formula is C9H6F2N2O2. The number of alkyl halides is 2. The number of halogens is 2. The Kier molecular flexibility index (Phi) is 2.11. The molecule has 0 bridgehead atoms. The second-order valence-electron chi connectivity index (χ2n) is 3.00. The van der Waals surface area contributed by atoms with Gasteiger partial charge in [-0.2, -0.15) is 0 Å². The third kappa shape index (κ3) is 1.43. The summed E-state index contributed by atoms with van der Waals surface area (Å²) in [6.45, 7) is 0. The number of hydrogen-bond acceptors (Lipinski definition) is 2. The Balaban J connectivity index is 2.74. The quantitative estimate of drug-likeness (QED) is 0.614. The summed E-state index contributed by atoms with van der Waals surface area (Å²) in [5.41, 5.74) is -0.272. The Bertz CT molecular complexity index is 522. The molecule has 1 heterocycles. The van der Waals surface area contributed by atoms with Gasteiger partial charge in [0.15, 0.2) is 0 Å². The zero-order valence-electron chi connectivity index (χ0n) is 7.41. The maximum absolute atomic E-state index is 12.5. The van der Waals surface area contributed by atoms with Crippen LogP contribution < -0.4 is 0 Å². The predicted molar refractivity (Wildman–Crippen MR) is 49.9 cm³/mol. The number of fused-ring (bicyclic) bond motifs is 1. The van der Waals surface area contributed by atoms with Gasteiger partial charge in [-0.3, -0.25) is 10.1 Å². The van der Waals surface area contributed by atoms with Crippen LogP contribution in [0.1, 0.15) is 12.0 Å².